The van der Waals surface area contributed by atoms with Crippen molar-refractivity contribution in [2.75, 3.05) is 11.9 Å². The molecule has 0 aliphatic heterocycles. The number of aromatic nitrogens is 2. The molecule has 0 aliphatic rings. The highest BCUT2D eigenvalue weighted by molar-refractivity contribution is 9.10. The Kier molecular flexibility index (Phi) is 3.97. The van der Waals surface area contributed by atoms with Gasteiger partial charge >= 0.3 is 0 Å². The fourth-order valence-electron chi connectivity index (χ4n) is 1.58. The molecule has 1 N–H and O–H groups in total. The van der Waals surface area contributed by atoms with E-state index in [2.05, 4.69) is 44.5 Å². The lowest BCUT2D eigenvalue weighted by Gasteiger charge is -2.25. The van der Waals surface area contributed by atoms with Crippen LogP contribution in [0, 0.1) is 5.82 Å². The van der Waals surface area contributed by atoms with Crippen molar-refractivity contribution in [3.05, 3.63) is 40.4 Å². The van der Waals surface area contributed by atoms with Gasteiger partial charge in [-0.1, -0.05) is 26.0 Å². The van der Waals surface area contributed by atoms with E-state index in [1.54, 1.807) is 0 Å². The highest BCUT2D eigenvalue weighted by atomic mass is 79.9. The van der Waals surface area contributed by atoms with E-state index in [4.69, 9.17) is 0 Å². The molecular formula is C12H13BrFN3S. The second-order valence-electron chi connectivity index (χ2n) is 4.61. The van der Waals surface area contributed by atoms with Crippen LogP contribution in [-0.2, 0) is 5.41 Å². The van der Waals surface area contributed by atoms with Gasteiger partial charge in [-0.15, -0.1) is 0 Å². The summed E-state index contributed by atoms with van der Waals surface area (Å²) in [6.07, 6.45) is 0. The Morgan fingerprint density at radius 3 is 2.56 bits per heavy atom. The summed E-state index contributed by atoms with van der Waals surface area (Å²) < 4.78 is 17.5. The first kappa shape index (κ1) is 13.4. The van der Waals surface area contributed by atoms with Crippen molar-refractivity contribution >= 4 is 32.6 Å². The summed E-state index contributed by atoms with van der Waals surface area (Å²) in [5.74, 6) is -0.212. The van der Waals surface area contributed by atoms with Crippen LogP contribution in [0.4, 0.5) is 9.52 Å². The van der Waals surface area contributed by atoms with Gasteiger partial charge in [-0.2, -0.15) is 9.36 Å². The SMILES string of the molecule is CC(C)(CNc1nc(Br)ns1)c1ccc(F)cc1. The van der Waals surface area contributed by atoms with E-state index >= 15 is 0 Å². The molecule has 1 aromatic heterocycles. The zero-order valence-corrected chi connectivity index (χ0v) is 12.5. The molecule has 0 bridgehead atoms. The van der Waals surface area contributed by atoms with Gasteiger partial charge < -0.3 is 5.32 Å². The fraction of sp³-hybridized carbons (Fsp3) is 0.333. The second kappa shape index (κ2) is 5.32. The lowest BCUT2D eigenvalue weighted by Crippen LogP contribution is -2.27. The van der Waals surface area contributed by atoms with E-state index in [9.17, 15) is 4.39 Å². The Hall–Kier alpha value is -1.01. The molecule has 3 nitrogen and oxygen atoms in total. The Morgan fingerprint density at radius 2 is 2.00 bits per heavy atom. The summed E-state index contributed by atoms with van der Waals surface area (Å²) in [4.78, 5) is 4.17. The number of hydrogen-bond acceptors (Lipinski definition) is 4. The van der Waals surface area contributed by atoms with Crippen molar-refractivity contribution in [1.29, 1.82) is 0 Å². The number of nitrogens with one attached hydrogen (secondary N) is 1. The summed E-state index contributed by atoms with van der Waals surface area (Å²) in [7, 11) is 0. The Morgan fingerprint density at radius 1 is 1.33 bits per heavy atom. The third kappa shape index (κ3) is 3.26. The summed E-state index contributed by atoms with van der Waals surface area (Å²) in [5.41, 5.74) is 0.978. The average Bonchev–Trinajstić information content (AvgIpc) is 2.73. The zero-order valence-electron chi connectivity index (χ0n) is 10.1. The lowest BCUT2D eigenvalue weighted by atomic mass is 9.85. The van der Waals surface area contributed by atoms with Crippen LogP contribution in [0.2, 0.25) is 0 Å². The van der Waals surface area contributed by atoms with Gasteiger partial charge in [0.1, 0.15) is 5.82 Å². The fourth-order valence-corrected chi connectivity index (χ4v) is 2.56. The first-order valence-corrected chi connectivity index (χ1v) is 7.03. The van der Waals surface area contributed by atoms with Crippen molar-refractivity contribution in [3.8, 4) is 0 Å². The van der Waals surface area contributed by atoms with Gasteiger partial charge in [0, 0.05) is 23.5 Å². The predicted molar refractivity (Wildman–Crippen MR) is 75.5 cm³/mol. The first-order chi connectivity index (χ1) is 8.47. The van der Waals surface area contributed by atoms with Gasteiger partial charge in [0.2, 0.25) is 9.87 Å². The molecule has 6 heteroatoms. The molecule has 0 unspecified atom stereocenters. The molecule has 0 spiro atoms. The smallest absolute Gasteiger partial charge is 0.210 e. The molecule has 1 aromatic carbocycles. The van der Waals surface area contributed by atoms with Gasteiger partial charge in [0.25, 0.3) is 0 Å². The normalized spacial score (nSPS) is 11.6. The van der Waals surface area contributed by atoms with Crippen LogP contribution in [0.25, 0.3) is 0 Å². The van der Waals surface area contributed by atoms with Crippen LogP contribution in [0.1, 0.15) is 19.4 Å². The standard InChI is InChI=1S/C12H13BrFN3S/c1-12(2,8-3-5-9(14)6-4-8)7-15-11-16-10(13)17-18-11/h3-6H,7H2,1-2H3,(H,15,16,17). The van der Waals surface area contributed by atoms with Crippen molar-refractivity contribution in [1.82, 2.24) is 9.36 Å². The van der Waals surface area contributed by atoms with E-state index in [-0.39, 0.29) is 11.2 Å². The van der Waals surface area contributed by atoms with Gasteiger partial charge in [-0.05, 0) is 33.6 Å². The van der Waals surface area contributed by atoms with Crippen LogP contribution in [0.15, 0.2) is 29.0 Å². The maximum absolute atomic E-state index is 12.9. The predicted octanol–water partition coefficient (Wildman–Crippen LogP) is 3.83. The summed E-state index contributed by atoms with van der Waals surface area (Å²) in [6, 6.07) is 6.59. The Labute approximate surface area is 118 Å². The molecule has 0 saturated heterocycles. The molecule has 0 amide bonds. The molecule has 0 radical (unpaired) electrons. The van der Waals surface area contributed by atoms with E-state index < -0.39 is 0 Å². The first-order valence-electron chi connectivity index (χ1n) is 5.46. The summed E-state index contributed by atoms with van der Waals surface area (Å²) >= 11 is 4.52. The van der Waals surface area contributed by atoms with Crippen LogP contribution < -0.4 is 5.32 Å². The maximum Gasteiger partial charge on any atom is 0.210 e. The zero-order chi connectivity index (χ0) is 13.2. The largest absolute Gasteiger partial charge is 0.359 e. The van der Waals surface area contributed by atoms with E-state index in [1.165, 1.54) is 23.7 Å². The minimum absolute atomic E-state index is 0.105. The topological polar surface area (TPSA) is 37.8 Å². The Bertz CT molecular complexity index is 524. The van der Waals surface area contributed by atoms with E-state index in [0.29, 0.717) is 11.3 Å². The van der Waals surface area contributed by atoms with Gasteiger partial charge in [-0.3, -0.25) is 0 Å². The molecule has 2 aromatic rings. The van der Waals surface area contributed by atoms with Crippen LogP contribution in [0.5, 0.6) is 0 Å². The van der Waals surface area contributed by atoms with Crippen molar-refractivity contribution in [2.45, 2.75) is 19.3 Å². The van der Waals surface area contributed by atoms with Gasteiger partial charge in [-0.25, -0.2) is 4.39 Å². The van der Waals surface area contributed by atoms with Crippen LogP contribution in [0.3, 0.4) is 0 Å². The third-order valence-electron chi connectivity index (χ3n) is 2.71. The number of anilines is 1. The maximum atomic E-state index is 12.9. The van der Waals surface area contributed by atoms with Crippen molar-refractivity contribution in [3.63, 3.8) is 0 Å². The van der Waals surface area contributed by atoms with Crippen molar-refractivity contribution in [2.24, 2.45) is 0 Å². The number of rotatable bonds is 4. The van der Waals surface area contributed by atoms with Crippen molar-refractivity contribution < 1.29 is 4.39 Å². The molecule has 18 heavy (non-hydrogen) atoms. The number of hydrogen-bond donors (Lipinski definition) is 1. The monoisotopic (exact) mass is 329 g/mol. The summed E-state index contributed by atoms with van der Waals surface area (Å²) in [6.45, 7) is 4.91. The highest BCUT2D eigenvalue weighted by Crippen LogP contribution is 2.24. The number of benzene rings is 1. The summed E-state index contributed by atoms with van der Waals surface area (Å²) in [5, 5.41) is 4.02. The quantitative estimate of drug-likeness (QED) is 0.926. The molecular weight excluding hydrogens is 317 g/mol. The van der Waals surface area contributed by atoms with E-state index in [1.807, 2.05) is 12.1 Å². The molecule has 0 aliphatic carbocycles. The molecule has 0 fully saturated rings. The molecule has 96 valence electrons. The molecule has 1 heterocycles. The minimum Gasteiger partial charge on any atom is -0.359 e. The van der Waals surface area contributed by atoms with E-state index in [0.717, 1.165) is 10.7 Å². The van der Waals surface area contributed by atoms with Crippen LogP contribution >= 0.6 is 27.5 Å². The van der Waals surface area contributed by atoms with Crippen LogP contribution in [-0.4, -0.2) is 15.9 Å². The third-order valence-corrected chi connectivity index (χ3v) is 3.97. The molecule has 0 saturated carbocycles. The Balaban J connectivity index is 2.04. The lowest BCUT2D eigenvalue weighted by molar-refractivity contribution is 0.553. The number of nitrogens with zero attached hydrogens (tertiary/aromatic N) is 2. The average molecular weight is 330 g/mol. The number of halogens is 2. The molecule has 0 atom stereocenters. The second-order valence-corrected chi connectivity index (χ2v) is 6.07. The highest BCUT2D eigenvalue weighted by Gasteiger charge is 2.20. The molecule has 2 rings (SSSR count). The van der Waals surface area contributed by atoms with Gasteiger partial charge in [0.05, 0.1) is 0 Å². The van der Waals surface area contributed by atoms with Gasteiger partial charge in [0.15, 0.2) is 0 Å². The minimum atomic E-state index is -0.212.